The zero-order valence-corrected chi connectivity index (χ0v) is 20.4. The Morgan fingerprint density at radius 3 is 2.64 bits per heavy atom. The van der Waals surface area contributed by atoms with E-state index in [1.807, 2.05) is 48.5 Å². The summed E-state index contributed by atoms with van der Waals surface area (Å²) in [6, 6.07) is 15.7. The summed E-state index contributed by atoms with van der Waals surface area (Å²) in [5, 5.41) is 19.0. The molecule has 192 valence electrons. The van der Waals surface area contributed by atoms with Crippen LogP contribution >= 0.6 is 0 Å². The molecule has 8 heteroatoms. The number of anilines is 1. The van der Waals surface area contributed by atoms with Crippen LogP contribution in [0.5, 0.6) is 5.75 Å². The van der Waals surface area contributed by atoms with Crippen molar-refractivity contribution >= 4 is 17.6 Å². The van der Waals surface area contributed by atoms with E-state index < -0.39 is 6.10 Å². The number of hydrogen-bond acceptors (Lipinski definition) is 5. The van der Waals surface area contributed by atoms with Crippen molar-refractivity contribution < 1.29 is 24.2 Å². The third-order valence-corrected chi connectivity index (χ3v) is 7.44. The van der Waals surface area contributed by atoms with Gasteiger partial charge >= 0.3 is 6.03 Å². The van der Waals surface area contributed by atoms with Gasteiger partial charge in [-0.25, -0.2) is 4.79 Å². The van der Waals surface area contributed by atoms with Crippen LogP contribution in [-0.4, -0.2) is 54.6 Å². The maximum absolute atomic E-state index is 12.6. The number of benzene rings is 2. The molecule has 2 aromatic rings. The van der Waals surface area contributed by atoms with Crippen molar-refractivity contribution in [3.05, 3.63) is 59.7 Å². The summed E-state index contributed by atoms with van der Waals surface area (Å²) in [6.07, 6.45) is 4.83. The lowest BCUT2D eigenvalue weighted by atomic mass is 9.84. The van der Waals surface area contributed by atoms with Gasteiger partial charge in [-0.15, -0.1) is 0 Å². The summed E-state index contributed by atoms with van der Waals surface area (Å²) in [7, 11) is 0. The smallest absolute Gasteiger partial charge is 0.319 e. The Morgan fingerprint density at radius 1 is 1.06 bits per heavy atom. The Kier molecular flexibility index (Phi) is 7.72. The minimum absolute atomic E-state index is 0.0207. The second-order valence-electron chi connectivity index (χ2n) is 10.0. The monoisotopic (exact) mass is 493 g/mol. The van der Waals surface area contributed by atoms with Gasteiger partial charge in [0.05, 0.1) is 19.1 Å². The van der Waals surface area contributed by atoms with Gasteiger partial charge in [0.2, 0.25) is 5.91 Å². The molecule has 2 fully saturated rings. The van der Waals surface area contributed by atoms with Crippen LogP contribution in [0, 0.1) is 0 Å². The van der Waals surface area contributed by atoms with E-state index >= 15 is 0 Å². The number of hydrogen-bond donors (Lipinski definition) is 4. The van der Waals surface area contributed by atoms with Crippen molar-refractivity contribution in [3.8, 4) is 5.75 Å². The molecule has 1 saturated heterocycles. The molecule has 36 heavy (non-hydrogen) atoms. The van der Waals surface area contributed by atoms with E-state index in [4.69, 9.17) is 9.47 Å². The summed E-state index contributed by atoms with van der Waals surface area (Å²) in [6.45, 7) is 0.380. The van der Waals surface area contributed by atoms with Crippen LogP contribution in [0.3, 0.4) is 0 Å². The van der Waals surface area contributed by atoms with Crippen molar-refractivity contribution in [1.82, 2.24) is 10.6 Å². The number of urea groups is 1. The number of nitrogens with one attached hydrogen (secondary N) is 3. The zero-order chi connectivity index (χ0) is 24.9. The van der Waals surface area contributed by atoms with Crippen LogP contribution in [0.1, 0.15) is 55.6 Å². The van der Waals surface area contributed by atoms with E-state index in [1.165, 1.54) is 5.56 Å². The summed E-state index contributed by atoms with van der Waals surface area (Å²) >= 11 is 0. The Balaban J connectivity index is 1.19. The van der Waals surface area contributed by atoms with Crippen molar-refractivity contribution in [2.24, 2.45) is 0 Å². The van der Waals surface area contributed by atoms with E-state index in [1.54, 1.807) is 0 Å². The van der Waals surface area contributed by atoms with Crippen LogP contribution in [0.2, 0.25) is 0 Å². The van der Waals surface area contributed by atoms with E-state index in [-0.39, 0.29) is 49.1 Å². The highest BCUT2D eigenvalue weighted by atomic mass is 16.6. The zero-order valence-electron chi connectivity index (χ0n) is 20.4. The highest BCUT2D eigenvalue weighted by Gasteiger charge is 2.46. The first-order chi connectivity index (χ1) is 17.6. The molecule has 0 aromatic heterocycles. The SMILES string of the molecule is O=C(C[C@H]1C[C@@H]2c3cc(NC(=O)NC4CCCC4)ccc3O[C@@H]2[C@@H](CO)O1)NCCc1ccccc1. The van der Waals surface area contributed by atoms with Gasteiger partial charge < -0.3 is 30.5 Å². The largest absolute Gasteiger partial charge is 0.487 e. The molecule has 2 heterocycles. The molecule has 1 aliphatic carbocycles. The number of rotatable bonds is 8. The molecular weight excluding hydrogens is 458 g/mol. The molecule has 0 unspecified atom stereocenters. The average molecular weight is 494 g/mol. The minimum atomic E-state index is -0.514. The van der Waals surface area contributed by atoms with Gasteiger partial charge in [-0.05, 0) is 49.4 Å². The van der Waals surface area contributed by atoms with E-state index in [2.05, 4.69) is 16.0 Å². The molecule has 4 N–H and O–H groups in total. The Morgan fingerprint density at radius 2 is 1.86 bits per heavy atom. The summed E-state index contributed by atoms with van der Waals surface area (Å²) in [5.74, 6) is 0.652. The molecule has 0 radical (unpaired) electrons. The van der Waals surface area contributed by atoms with Gasteiger partial charge in [-0.3, -0.25) is 4.79 Å². The third-order valence-electron chi connectivity index (χ3n) is 7.44. The van der Waals surface area contributed by atoms with Gasteiger partial charge in [-0.2, -0.15) is 0 Å². The van der Waals surface area contributed by atoms with Crippen molar-refractivity contribution in [2.75, 3.05) is 18.5 Å². The first-order valence-corrected chi connectivity index (χ1v) is 13.0. The molecule has 0 spiro atoms. The van der Waals surface area contributed by atoms with Crippen LogP contribution in [-0.2, 0) is 16.0 Å². The van der Waals surface area contributed by atoms with Crippen LogP contribution in [0.25, 0.3) is 0 Å². The predicted octanol–water partition coefficient (Wildman–Crippen LogP) is 3.49. The fourth-order valence-electron chi connectivity index (χ4n) is 5.66. The van der Waals surface area contributed by atoms with Crippen LogP contribution in [0.4, 0.5) is 10.5 Å². The van der Waals surface area contributed by atoms with Gasteiger partial charge in [0.1, 0.15) is 18.0 Å². The molecule has 4 atom stereocenters. The number of aliphatic hydroxyl groups excluding tert-OH is 1. The van der Waals surface area contributed by atoms with Gasteiger partial charge in [-0.1, -0.05) is 43.2 Å². The molecule has 3 aliphatic rings. The minimum Gasteiger partial charge on any atom is -0.487 e. The van der Waals surface area contributed by atoms with Crippen molar-refractivity contribution in [1.29, 1.82) is 0 Å². The summed E-state index contributed by atoms with van der Waals surface area (Å²) in [4.78, 5) is 25.1. The number of carbonyl (C=O) groups excluding carboxylic acids is 2. The normalized spacial score (nSPS) is 24.9. The first kappa shape index (κ1) is 24.6. The number of carbonyl (C=O) groups is 2. The fourth-order valence-corrected chi connectivity index (χ4v) is 5.66. The highest BCUT2D eigenvalue weighted by Crippen LogP contribution is 2.47. The summed E-state index contributed by atoms with van der Waals surface area (Å²) in [5.41, 5.74) is 2.86. The van der Waals surface area contributed by atoms with E-state index in [9.17, 15) is 14.7 Å². The maximum Gasteiger partial charge on any atom is 0.319 e. The molecule has 2 aliphatic heterocycles. The lowest BCUT2D eigenvalue weighted by molar-refractivity contribution is -0.142. The third kappa shape index (κ3) is 5.82. The van der Waals surface area contributed by atoms with E-state index in [0.717, 1.165) is 43.4 Å². The highest BCUT2D eigenvalue weighted by molar-refractivity contribution is 5.89. The lowest BCUT2D eigenvalue weighted by Gasteiger charge is -2.37. The molecule has 8 nitrogen and oxygen atoms in total. The summed E-state index contributed by atoms with van der Waals surface area (Å²) < 4.78 is 12.2. The number of amides is 3. The Labute approximate surface area is 211 Å². The fraction of sp³-hybridized carbons (Fsp3) is 0.500. The van der Waals surface area contributed by atoms with Crippen LogP contribution < -0.4 is 20.7 Å². The average Bonchev–Trinajstić information content (AvgIpc) is 3.52. The van der Waals surface area contributed by atoms with Gasteiger partial charge in [0.15, 0.2) is 0 Å². The van der Waals surface area contributed by atoms with Crippen LogP contribution in [0.15, 0.2) is 48.5 Å². The molecule has 2 aromatic carbocycles. The van der Waals surface area contributed by atoms with Crippen molar-refractivity contribution in [2.45, 2.75) is 75.2 Å². The predicted molar refractivity (Wildman–Crippen MR) is 136 cm³/mol. The lowest BCUT2D eigenvalue weighted by Crippen LogP contribution is -2.47. The van der Waals surface area contributed by atoms with Gasteiger partial charge in [0.25, 0.3) is 0 Å². The molecular formula is C28H35N3O5. The Bertz CT molecular complexity index is 1060. The first-order valence-electron chi connectivity index (χ1n) is 13.0. The second-order valence-corrected chi connectivity index (χ2v) is 10.0. The molecule has 3 amide bonds. The topological polar surface area (TPSA) is 109 Å². The molecule has 5 rings (SSSR count). The van der Waals surface area contributed by atoms with E-state index in [0.29, 0.717) is 18.7 Å². The van der Waals surface area contributed by atoms with Gasteiger partial charge in [0, 0.05) is 29.8 Å². The number of fused-ring (bicyclic) bond motifs is 3. The number of ether oxygens (including phenoxy) is 2. The Hall–Kier alpha value is -3.10. The van der Waals surface area contributed by atoms with Crippen molar-refractivity contribution in [3.63, 3.8) is 0 Å². The molecule has 0 bridgehead atoms. The number of aliphatic hydroxyl groups is 1. The second kappa shape index (κ2) is 11.3. The quantitative estimate of drug-likeness (QED) is 0.450. The standard InChI is InChI=1S/C28H35N3O5/c32-17-25-27-23(15-21(35-25)16-26(33)29-13-12-18-6-2-1-3-7-18)22-14-20(10-11-24(22)36-27)31-28(34)30-19-8-4-5-9-19/h1-3,6-7,10-11,14,19,21,23,25,27,32H,4-5,8-9,12-13,15-17H2,(H,29,33)(H2,30,31,34)/t21-,23-,25-,27+/m1/s1. The molecule has 1 saturated carbocycles. The maximum atomic E-state index is 12.6.